The topological polar surface area (TPSA) is 85.8 Å². The van der Waals surface area contributed by atoms with E-state index in [1.165, 1.54) is 29.5 Å². The second-order valence-corrected chi connectivity index (χ2v) is 9.65. The van der Waals surface area contributed by atoms with Gasteiger partial charge in [-0.15, -0.1) is 11.3 Å². The summed E-state index contributed by atoms with van der Waals surface area (Å²) in [4.78, 5) is 16.2. The molecule has 0 bridgehead atoms. The molecule has 1 fully saturated rings. The van der Waals surface area contributed by atoms with Crippen molar-refractivity contribution in [2.75, 3.05) is 26.3 Å². The second kappa shape index (κ2) is 9.41. The van der Waals surface area contributed by atoms with Crippen LogP contribution in [0.5, 0.6) is 0 Å². The minimum Gasteiger partial charge on any atom is -0.456 e. The number of carbonyl (C=O) groups excluding carboxylic acids is 1. The highest BCUT2D eigenvalue weighted by atomic mass is 32.2. The first-order valence-electron chi connectivity index (χ1n) is 9.59. The van der Waals surface area contributed by atoms with E-state index in [0.717, 1.165) is 22.0 Å². The van der Waals surface area contributed by atoms with E-state index in [2.05, 4.69) is 4.98 Å². The average Bonchev–Trinajstić information content (AvgIpc) is 3.28. The van der Waals surface area contributed by atoms with Gasteiger partial charge in [-0.2, -0.15) is 4.31 Å². The molecule has 0 atom stereocenters. The summed E-state index contributed by atoms with van der Waals surface area (Å²) in [5.41, 5.74) is 1.11. The van der Waals surface area contributed by atoms with Crippen LogP contribution < -0.4 is 0 Å². The van der Waals surface area contributed by atoms with Gasteiger partial charge in [0, 0.05) is 24.0 Å². The van der Waals surface area contributed by atoms with E-state index in [4.69, 9.17) is 9.47 Å². The summed E-state index contributed by atoms with van der Waals surface area (Å²) in [5, 5.41) is 2.34. The van der Waals surface area contributed by atoms with E-state index in [-0.39, 0.29) is 44.3 Å². The summed E-state index contributed by atoms with van der Waals surface area (Å²) in [7, 11) is -4.11. The normalized spacial score (nSPS) is 14.9. The summed E-state index contributed by atoms with van der Waals surface area (Å²) in [6, 6.07) is 8.92. The van der Waals surface area contributed by atoms with Crippen LogP contribution in [0.15, 0.2) is 52.7 Å². The Bertz CT molecular complexity index is 1220. The van der Waals surface area contributed by atoms with Gasteiger partial charge in [0.1, 0.15) is 28.1 Å². The lowest BCUT2D eigenvalue weighted by Crippen LogP contribution is -2.41. The number of ether oxygens (including phenoxy) is 2. The van der Waals surface area contributed by atoms with Crippen LogP contribution in [0.3, 0.4) is 0 Å². The lowest BCUT2D eigenvalue weighted by Gasteiger charge is -2.26. The van der Waals surface area contributed by atoms with Crippen LogP contribution in [0.2, 0.25) is 0 Å². The van der Waals surface area contributed by atoms with Crippen molar-refractivity contribution in [2.45, 2.75) is 11.5 Å². The molecule has 1 aliphatic heterocycles. The molecule has 2 aromatic carbocycles. The number of carbonyl (C=O) groups is 1. The fourth-order valence-electron chi connectivity index (χ4n) is 3.08. The number of hydrogen-bond donors (Lipinski definition) is 0. The van der Waals surface area contributed by atoms with E-state index in [0.29, 0.717) is 10.7 Å². The Balaban J connectivity index is 1.46. The number of nitrogens with zero attached hydrogens (tertiary/aromatic N) is 2. The molecule has 1 aliphatic rings. The fraction of sp³-hybridized carbons (Fsp3) is 0.238. The summed E-state index contributed by atoms with van der Waals surface area (Å²) in [6.45, 7) is 0.499. The number of sulfonamides is 1. The molecule has 3 aromatic rings. The highest BCUT2D eigenvalue weighted by Gasteiger charge is 2.30. The van der Waals surface area contributed by atoms with Gasteiger partial charge in [-0.3, -0.25) is 0 Å². The molecule has 1 aromatic heterocycles. The van der Waals surface area contributed by atoms with E-state index < -0.39 is 26.7 Å². The molecule has 0 aliphatic carbocycles. The van der Waals surface area contributed by atoms with Crippen molar-refractivity contribution >= 4 is 27.3 Å². The maximum Gasteiger partial charge on any atom is 0.338 e. The number of morpholine rings is 1. The third-order valence-corrected chi connectivity index (χ3v) is 7.60. The predicted molar refractivity (Wildman–Crippen MR) is 113 cm³/mol. The average molecular weight is 481 g/mol. The van der Waals surface area contributed by atoms with Crippen LogP contribution in [-0.2, 0) is 26.1 Å². The zero-order chi connectivity index (χ0) is 22.7. The summed E-state index contributed by atoms with van der Waals surface area (Å²) < 4.78 is 64.4. The molecule has 11 heteroatoms. The van der Waals surface area contributed by atoms with E-state index in [1.807, 2.05) is 0 Å². The maximum atomic E-state index is 14.3. The van der Waals surface area contributed by atoms with Crippen LogP contribution in [0.25, 0.3) is 10.6 Å². The summed E-state index contributed by atoms with van der Waals surface area (Å²) in [6.07, 6.45) is 0. The van der Waals surface area contributed by atoms with Crippen molar-refractivity contribution in [1.29, 1.82) is 0 Å². The van der Waals surface area contributed by atoms with E-state index >= 15 is 0 Å². The molecule has 0 radical (unpaired) electrons. The Morgan fingerprint density at radius 1 is 1.12 bits per heavy atom. The zero-order valence-corrected chi connectivity index (χ0v) is 18.3. The third-order valence-electron chi connectivity index (χ3n) is 4.75. The Hall–Kier alpha value is -2.73. The number of thiazole rings is 1. The standard InChI is InChI=1S/C21H18F2N2O5S2/c22-16-4-1-14(2-5-16)20-24-17(13-31-20)12-30-21(26)15-3-6-18(23)19(11-15)32(27,28)25-7-9-29-10-8-25/h1-6,11,13H,7-10,12H2. The van der Waals surface area contributed by atoms with Gasteiger partial charge in [-0.1, -0.05) is 0 Å². The first kappa shape index (κ1) is 22.5. The SMILES string of the molecule is O=C(OCc1csc(-c2ccc(F)cc2)n1)c1ccc(F)c(S(=O)(=O)N2CCOCC2)c1. The quantitative estimate of drug-likeness (QED) is 0.503. The van der Waals surface area contributed by atoms with E-state index in [9.17, 15) is 22.0 Å². The molecule has 0 saturated carbocycles. The predicted octanol–water partition coefficient (Wildman–Crippen LogP) is 3.47. The molecule has 7 nitrogen and oxygen atoms in total. The number of hydrogen-bond acceptors (Lipinski definition) is 7. The van der Waals surface area contributed by atoms with Gasteiger partial charge in [0.25, 0.3) is 0 Å². The first-order valence-corrected chi connectivity index (χ1v) is 11.9. The monoisotopic (exact) mass is 480 g/mol. The summed E-state index contributed by atoms with van der Waals surface area (Å²) >= 11 is 1.31. The number of esters is 1. The molecule has 0 unspecified atom stereocenters. The maximum absolute atomic E-state index is 14.3. The van der Waals surface area contributed by atoms with Crippen LogP contribution in [0.4, 0.5) is 8.78 Å². The lowest BCUT2D eigenvalue weighted by atomic mass is 10.2. The highest BCUT2D eigenvalue weighted by Crippen LogP contribution is 2.25. The Morgan fingerprint density at radius 2 is 1.84 bits per heavy atom. The van der Waals surface area contributed by atoms with E-state index in [1.54, 1.807) is 17.5 Å². The Morgan fingerprint density at radius 3 is 2.56 bits per heavy atom. The van der Waals surface area contributed by atoms with Crippen molar-refractivity contribution in [3.05, 3.63) is 70.7 Å². The zero-order valence-electron chi connectivity index (χ0n) is 16.7. The Kier molecular flexibility index (Phi) is 6.60. The van der Waals surface area contributed by atoms with Gasteiger partial charge < -0.3 is 9.47 Å². The minimum atomic E-state index is -4.11. The van der Waals surface area contributed by atoms with Crippen molar-refractivity contribution in [2.24, 2.45) is 0 Å². The van der Waals surface area contributed by atoms with Crippen molar-refractivity contribution in [3.8, 4) is 10.6 Å². The minimum absolute atomic E-state index is 0.0905. The second-order valence-electron chi connectivity index (χ2n) is 6.89. The van der Waals surface area contributed by atoms with Crippen LogP contribution in [0.1, 0.15) is 16.1 Å². The molecule has 32 heavy (non-hydrogen) atoms. The highest BCUT2D eigenvalue weighted by molar-refractivity contribution is 7.89. The molecule has 1 saturated heterocycles. The lowest BCUT2D eigenvalue weighted by molar-refractivity contribution is 0.0468. The smallest absolute Gasteiger partial charge is 0.338 e. The van der Waals surface area contributed by atoms with Gasteiger partial charge >= 0.3 is 5.97 Å². The van der Waals surface area contributed by atoms with Crippen LogP contribution in [-0.4, -0.2) is 50.0 Å². The molecule has 0 spiro atoms. The molecule has 0 N–H and O–H groups in total. The largest absolute Gasteiger partial charge is 0.456 e. The molecule has 168 valence electrons. The van der Waals surface area contributed by atoms with Gasteiger partial charge in [0.15, 0.2) is 0 Å². The van der Waals surface area contributed by atoms with Gasteiger partial charge in [0.2, 0.25) is 10.0 Å². The van der Waals surface area contributed by atoms with Crippen LogP contribution >= 0.6 is 11.3 Å². The Labute approximate surface area is 187 Å². The van der Waals surface area contributed by atoms with Gasteiger partial charge in [0.05, 0.1) is 24.5 Å². The number of benzene rings is 2. The number of rotatable bonds is 6. The van der Waals surface area contributed by atoms with Crippen molar-refractivity contribution in [1.82, 2.24) is 9.29 Å². The van der Waals surface area contributed by atoms with Crippen LogP contribution in [0, 0.1) is 11.6 Å². The first-order chi connectivity index (χ1) is 15.3. The third kappa shape index (κ3) is 4.85. The molecule has 2 heterocycles. The van der Waals surface area contributed by atoms with Crippen molar-refractivity contribution < 1.29 is 31.5 Å². The molecule has 4 rings (SSSR count). The van der Waals surface area contributed by atoms with Crippen molar-refractivity contribution in [3.63, 3.8) is 0 Å². The number of halogens is 2. The molecular formula is C21H18F2N2O5S2. The summed E-state index contributed by atoms with van der Waals surface area (Å²) in [5.74, 6) is -2.11. The van der Waals surface area contributed by atoms with Gasteiger partial charge in [-0.05, 0) is 42.5 Å². The molecular weight excluding hydrogens is 462 g/mol. The number of aromatic nitrogens is 1. The van der Waals surface area contributed by atoms with Gasteiger partial charge in [-0.25, -0.2) is 27.0 Å². The molecule has 0 amide bonds. The fourth-order valence-corrected chi connectivity index (χ4v) is 5.38.